The maximum absolute atomic E-state index is 13.7. The van der Waals surface area contributed by atoms with Crippen LogP contribution in [-0.2, 0) is 10.2 Å². The highest BCUT2D eigenvalue weighted by Crippen LogP contribution is 2.38. The number of likely N-dealkylation sites (tertiary alicyclic amines) is 1. The molecule has 2 fully saturated rings. The Balaban J connectivity index is 1.71. The molecule has 1 aliphatic heterocycles. The van der Waals surface area contributed by atoms with Crippen molar-refractivity contribution in [1.29, 1.82) is 0 Å². The van der Waals surface area contributed by atoms with Gasteiger partial charge in [0.05, 0.1) is 16.0 Å². The minimum absolute atomic E-state index is 0.0488. The highest BCUT2D eigenvalue weighted by molar-refractivity contribution is 6.30. The molecule has 1 saturated heterocycles. The lowest BCUT2D eigenvalue weighted by molar-refractivity contribution is -0.126. The molecular weight excluding hydrogens is 303 g/mol. The topological polar surface area (TPSA) is 32.3 Å². The minimum atomic E-state index is -0.782. The predicted molar refractivity (Wildman–Crippen MR) is 85.6 cm³/mol. The second-order valence-electron chi connectivity index (χ2n) is 7.12. The average molecular weight is 325 g/mol. The molecule has 0 aromatic heterocycles. The third-order valence-electron chi connectivity index (χ3n) is 4.92. The summed E-state index contributed by atoms with van der Waals surface area (Å²) in [6.45, 7) is 6.84. The van der Waals surface area contributed by atoms with Crippen LogP contribution in [0.5, 0.6) is 0 Å². The molecule has 3 rings (SSSR count). The Morgan fingerprint density at radius 2 is 2.09 bits per heavy atom. The van der Waals surface area contributed by atoms with Crippen molar-refractivity contribution >= 4 is 17.5 Å². The van der Waals surface area contributed by atoms with Gasteiger partial charge in [-0.2, -0.15) is 0 Å². The summed E-state index contributed by atoms with van der Waals surface area (Å²) >= 11 is 5.73. The summed E-state index contributed by atoms with van der Waals surface area (Å²) in [6, 6.07) is 4.59. The van der Waals surface area contributed by atoms with E-state index in [1.54, 1.807) is 6.07 Å². The lowest BCUT2D eigenvalue weighted by atomic mass is 9.83. The van der Waals surface area contributed by atoms with Crippen LogP contribution in [0.3, 0.4) is 0 Å². The van der Waals surface area contributed by atoms with Gasteiger partial charge in [0.25, 0.3) is 0 Å². The normalized spacial score (nSPS) is 20.4. The summed E-state index contributed by atoms with van der Waals surface area (Å²) in [7, 11) is 0. The number of carbonyl (C=O) groups is 1. The summed E-state index contributed by atoms with van der Waals surface area (Å²) in [4.78, 5) is 15.1. The van der Waals surface area contributed by atoms with E-state index < -0.39 is 11.2 Å². The van der Waals surface area contributed by atoms with Crippen LogP contribution >= 0.6 is 11.6 Å². The van der Waals surface area contributed by atoms with Crippen molar-refractivity contribution in [2.45, 2.75) is 44.1 Å². The zero-order chi connectivity index (χ0) is 16.0. The van der Waals surface area contributed by atoms with Gasteiger partial charge in [-0.05, 0) is 63.9 Å². The van der Waals surface area contributed by atoms with Crippen LogP contribution in [0.1, 0.15) is 38.7 Å². The Labute approximate surface area is 135 Å². The van der Waals surface area contributed by atoms with Gasteiger partial charge < -0.3 is 10.2 Å². The molecule has 1 saturated carbocycles. The van der Waals surface area contributed by atoms with Crippen LogP contribution in [-0.4, -0.2) is 36.0 Å². The molecule has 0 atom stereocenters. The number of nitrogens with one attached hydrogen (secondary N) is 1. The van der Waals surface area contributed by atoms with Crippen LogP contribution in [0.2, 0.25) is 5.02 Å². The molecule has 22 heavy (non-hydrogen) atoms. The molecule has 0 unspecified atom stereocenters. The van der Waals surface area contributed by atoms with Crippen molar-refractivity contribution in [3.63, 3.8) is 0 Å². The fourth-order valence-electron chi connectivity index (χ4n) is 2.85. The van der Waals surface area contributed by atoms with Crippen molar-refractivity contribution in [3.8, 4) is 0 Å². The fourth-order valence-corrected chi connectivity index (χ4v) is 2.97. The molecule has 2 aliphatic rings. The van der Waals surface area contributed by atoms with E-state index in [1.165, 1.54) is 18.6 Å². The van der Waals surface area contributed by atoms with Crippen LogP contribution < -0.4 is 5.32 Å². The molecule has 0 bridgehead atoms. The summed E-state index contributed by atoms with van der Waals surface area (Å²) < 4.78 is 13.7. The van der Waals surface area contributed by atoms with Gasteiger partial charge in [0.1, 0.15) is 5.82 Å². The number of benzene rings is 1. The number of nitrogens with zero attached hydrogens (tertiary/aromatic N) is 1. The summed E-state index contributed by atoms with van der Waals surface area (Å²) in [6.07, 6.45) is 3.31. The number of amides is 1. The summed E-state index contributed by atoms with van der Waals surface area (Å²) in [5.74, 6) is -0.533. The van der Waals surface area contributed by atoms with Crippen molar-refractivity contribution in [3.05, 3.63) is 34.6 Å². The molecule has 1 aliphatic carbocycles. The fraction of sp³-hybridized carbons (Fsp3) is 0.588. The molecule has 5 heteroatoms. The minimum Gasteiger partial charge on any atom is -0.349 e. The molecule has 3 nitrogen and oxygen atoms in total. The van der Waals surface area contributed by atoms with Crippen molar-refractivity contribution < 1.29 is 9.18 Å². The smallest absolute Gasteiger partial charge is 0.230 e. The van der Waals surface area contributed by atoms with E-state index in [9.17, 15) is 9.18 Å². The SMILES string of the molecule is CC(C)(C(=O)NC1(CN2CCC2)CC1)c1ccc(Cl)c(F)c1. The van der Waals surface area contributed by atoms with Crippen molar-refractivity contribution in [2.75, 3.05) is 19.6 Å². The largest absolute Gasteiger partial charge is 0.349 e. The van der Waals surface area contributed by atoms with Gasteiger partial charge in [-0.3, -0.25) is 4.79 Å². The number of halogens is 2. The first-order valence-electron chi connectivity index (χ1n) is 7.83. The van der Waals surface area contributed by atoms with Gasteiger partial charge in [0.15, 0.2) is 0 Å². The summed E-state index contributed by atoms with van der Waals surface area (Å²) in [5.41, 5.74) is -0.206. The maximum atomic E-state index is 13.7. The van der Waals surface area contributed by atoms with E-state index in [1.807, 2.05) is 13.8 Å². The third kappa shape index (κ3) is 2.99. The van der Waals surface area contributed by atoms with E-state index in [2.05, 4.69) is 10.2 Å². The Hall–Kier alpha value is -1.13. The van der Waals surface area contributed by atoms with Gasteiger partial charge in [-0.25, -0.2) is 4.39 Å². The Bertz CT molecular complexity index is 594. The quantitative estimate of drug-likeness (QED) is 0.902. The lowest BCUT2D eigenvalue weighted by Gasteiger charge is -2.36. The van der Waals surface area contributed by atoms with Gasteiger partial charge in [-0.15, -0.1) is 0 Å². The number of hydrogen-bond donors (Lipinski definition) is 1. The zero-order valence-electron chi connectivity index (χ0n) is 13.1. The number of carbonyl (C=O) groups excluding carboxylic acids is 1. The van der Waals surface area contributed by atoms with Crippen molar-refractivity contribution in [2.24, 2.45) is 0 Å². The Kier molecular flexibility index (Phi) is 3.94. The van der Waals surface area contributed by atoms with E-state index in [0.29, 0.717) is 5.56 Å². The lowest BCUT2D eigenvalue weighted by Crippen LogP contribution is -2.53. The predicted octanol–water partition coefficient (Wildman–Crippen LogP) is 3.11. The average Bonchev–Trinajstić information content (AvgIpc) is 3.17. The van der Waals surface area contributed by atoms with Crippen LogP contribution in [0.15, 0.2) is 18.2 Å². The second kappa shape index (κ2) is 5.50. The molecule has 1 aromatic carbocycles. The van der Waals surface area contributed by atoms with Gasteiger partial charge in [0.2, 0.25) is 5.91 Å². The van der Waals surface area contributed by atoms with Gasteiger partial charge >= 0.3 is 0 Å². The first-order chi connectivity index (χ1) is 10.3. The standard InChI is InChI=1S/C17H22ClFN2O/c1-16(2,12-4-5-13(18)14(19)10-12)15(22)20-17(6-7-17)11-21-8-3-9-21/h4-5,10H,3,6-9,11H2,1-2H3,(H,20,22). The number of hydrogen-bond acceptors (Lipinski definition) is 2. The highest BCUT2D eigenvalue weighted by atomic mass is 35.5. The first kappa shape index (κ1) is 15.8. The molecule has 0 radical (unpaired) electrons. The van der Waals surface area contributed by atoms with E-state index in [-0.39, 0.29) is 16.5 Å². The molecule has 0 spiro atoms. The molecule has 120 valence electrons. The molecule has 1 aromatic rings. The van der Waals surface area contributed by atoms with Crippen LogP contribution in [0.4, 0.5) is 4.39 Å². The maximum Gasteiger partial charge on any atom is 0.230 e. The van der Waals surface area contributed by atoms with Gasteiger partial charge in [0, 0.05) is 6.54 Å². The van der Waals surface area contributed by atoms with Crippen molar-refractivity contribution in [1.82, 2.24) is 10.2 Å². The monoisotopic (exact) mass is 324 g/mol. The highest BCUT2D eigenvalue weighted by Gasteiger charge is 2.48. The molecule has 1 heterocycles. The van der Waals surface area contributed by atoms with Crippen LogP contribution in [0, 0.1) is 5.82 Å². The Morgan fingerprint density at radius 3 is 2.59 bits per heavy atom. The molecular formula is C17H22ClFN2O. The Morgan fingerprint density at radius 1 is 1.41 bits per heavy atom. The molecule has 1 amide bonds. The molecule has 1 N–H and O–H groups in total. The van der Waals surface area contributed by atoms with E-state index in [4.69, 9.17) is 11.6 Å². The summed E-state index contributed by atoms with van der Waals surface area (Å²) in [5, 5.41) is 3.28. The zero-order valence-corrected chi connectivity index (χ0v) is 13.8. The van der Waals surface area contributed by atoms with Crippen LogP contribution in [0.25, 0.3) is 0 Å². The number of rotatable bonds is 5. The first-order valence-corrected chi connectivity index (χ1v) is 8.21. The van der Waals surface area contributed by atoms with Gasteiger partial charge in [-0.1, -0.05) is 17.7 Å². The van der Waals surface area contributed by atoms with E-state index in [0.717, 1.165) is 32.5 Å². The second-order valence-corrected chi connectivity index (χ2v) is 7.53. The van der Waals surface area contributed by atoms with E-state index >= 15 is 0 Å². The third-order valence-corrected chi connectivity index (χ3v) is 5.22.